The van der Waals surface area contributed by atoms with Gasteiger partial charge in [-0.25, -0.2) is 14.6 Å². The molecule has 2 aromatic heterocycles. The summed E-state index contributed by atoms with van der Waals surface area (Å²) in [5.74, 6) is 0.517. The molecule has 0 aliphatic rings. The number of hydrogen-bond acceptors (Lipinski definition) is 5. The first-order valence-corrected chi connectivity index (χ1v) is 6.72. The number of nitrogens with zero attached hydrogens (tertiary/aromatic N) is 4. The minimum atomic E-state index is -0.438. The van der Waals surface area contributed by atoms with Crippen molar-refractivity contribution in [2.24, 2.45) is 0 Å². The molecule has 3 rings (SSSR count). The summed E-state index contributed by atoms with van der Waals surface area (Å²) in [5.41, 5.74) is 2.13. The topological polar surface area (TPSA) is 85.8 Å². The number of nitrogens with one attached hydrogen (secondary N) is 1. The van der Waals surface area contributed by atoms with Crippen LogP contribution in [0.1, 0.15) is 25.8 Å². The quantitative estimate of drug-likeness (QED) is 0.794. The largest absolute Gasteiger partial charge is 0.441 e. The maximum Gasteiger partial charge on any atom is 0.249 e. The van der Waals surface area contributed by atoms with Crippen LogP contribution in [0.5, 0.6) is 0 Å². The van der Waals surface area contributed by atoms with Crippen molar-refractivity contribution in [3.63, 3.8) is 0 Å². The molecule has 1 N–H and O–H groups in total. The van der Waals surface area contributed by atoms with E-state index in [1.54, 1.807) is 25.1 Å². The summed E-state index contributed by atoms with van der Waals surface area (Å²) in [6.45, 7) is 3.74. The van der Waals surface area contributed by atoms with Gasteiger partial charge in [-0.3, -0.25) is 4.79 Å². The van der Waals surface area contributed by atoms with Gasteiger partial charge in [-0.15, -0.1) is 0 Å². The number of fused-ring (bicyclic) bond motifs is 1. The van der Waals surface area contributed by atoms with E-state index in [0.29, 0.717) is 17.2 Å². The number of aryl methyl sites for hydroxylation is 1. The molecule has 0 aliphatic carbocycles. The second-order valence-electron chi connectivity index (χ2n) is 4.68. The van der Waals surface area contributed by atoms with E-state index >= 15 is 0 Å². The number of anilines is 1. The second-order valence-corrected chi connectivity index (χ2v) is 4.68. The first-order chi connectivity index (χ1) is 10.2. The Hall–Kier alpha value is -2.70. The summed E-state index contributed by atoms with van der Waals surface area (Å²) >= 11 is 0. The Labute approximate surface area is 121 Å². The molecular weight excluding hydrogens is 270 g/mol. The molecule has 7 heteroatoms. The summed E-state index contributed by atoms with van der Waals surface area (Å²) in [4.78, 5) is 20.3. The van der Waals surface area contributed by atoms with Crippen LogP contribution in [-0.4, -0.2) is 25.7 Å². The number of amides is 1. The predicted molar refractivity (Wildman–Crippen MR) is 76.7 cm³/mol. The molecule has 21 heavy (non-hydrogen) atoms. The highest BCUT2D eigenvalue weighted by molar-refractivity contribution is 5.95. The van der Waals surface area contributed by atoms with Crippen molar-refractivity contribution in [3.8, 4) is 0 Å². The molecule has 0 bridgehead atoms. The third kappa shape index (κ3) is 2.62. The zero-order valence-corrected chi connectivity index (χ0v) is 11.8. The maximum atomic E-state index is 12.2. The fraction of sp³-hybridized carbons (Fsp3) is 0.286. The van der Waals surface area contributed by atoms with Crippen LogP contribution in [0.15, 0.2) is 35.3 Å². The lowest BCUT2D eigenvalue weighted by Gasteiger charge is -2.11. The SMILES string of the molecule is CCc1nc2cc(NC(=O)[C@H](C)n3cncn3)ccc2o1. The van der Waals surface area contributed by atoms with Gasteiger partial charge >= 0.3 is 0 Å². The number of carbonyl (C=O) groups excluding carboxylic acids is 1. The number of benzene rings is 1. The first-order valence-electron chi connectivity index (χ1n) is 6.72. The molecule has 7 nitrogen and oxygen atoms in total. The van der Waals surface area contributed by atoms with Crippen molar-refractivity contribution in [2.45, 2.75) is 26.3 Å². The predicted octanol–water partition coefficient (Wildman–Crippen LogP) is 2.18. The van der Waals surface area contributed by atoms with Gasteiger partial charge in [-0.1, -0.05) is 6.92 Å². The molecular formula is C14H15N5O2. The summed E-state index contributed by atoms with van der Waals surface area (Å²) < 4.78 is 7.04. The van der Waals surface area contributed by atoms with Gasteiger partial charge in [0.2, 0.25) is 5.91 Å². The molecule has 1 amide bonds. The molecule has 0 spiro atoms. The van der Waals surface area contributed by atoms with Crippen LogP contribution >= 0.6 is 0 Å². The normalized spacial score (nSPS) is 12.5. The van der Waals surface area contributed by atoms with E-state index in [0.717, 1.165) is 11.9 Å². The Bertz CT molecular complexity index is 763. The van der Waals surface area contributed by atoms with Crippen molar-refractivity contribution >= 4 is 22.7 Å². The average molecular weight is 285 g/mol. The van der Waals surface area contributed by atoms with Crippen molar-refractivity contribution in [1.29, 1.82) is 0 Å². The van der Waals surface area contributed by atoms with Crippen molar-refractivity contribution in [2.75, 3.05) is 5.32 Å². The summed E-state index contributed by atoms with van der Waals surface area (Å²) in [7, 11) is 0. The highest BCUT2D eigenvalue weighted by atomic mass is 16.3. The first kappa shape index (κ1) is 13.3. The summed E-state index contributed by atoms with van der Waals surface area (Å²) in [6.07, 6.45) is 3.65. The number of carbonyl (C=O) groups is 1. The van der Waals surface area contributed by atoms with E-state index in [9.17, 15) is 4.79 Å². The average Bonchev–Trinajstić information content (AvgIpc) is 3.14. The minimum absolute atomic E-state index is 0.168. The van der Waals surface area contributed by atoms with Gasteiger partial charge in [0.15, 0.2) is 11.5 Å². The van der Waals surface area contributed by atoms with Crippen molar-refractivity contribution in [3.05, 3.63) is 36.7 Å². The zero-order valence-electron chi connectivity index (χ0n) is 11.8. The van der Waals surface area contributed by atoms with E-state index < -0.39 is 6.04 Å². The molecule has 0 aliphatic heterocycles. The maximum absolute atomic E-state index is 12.2. The van der Waals surface area contributed by atoms with Crippen molar-refractivity contribution in [1.82, 2.24) is 19.7 Å². The van der Waals surface area contributed by atoms with E-state index in [2.05, 4.69) is 20.4 Å². The monoisotopic (exact) mass is 285 g/mol. The summed E-state index contributed by atoms with van der Waals surface area (Å²) in [6, 6.07) is 4.95. The molecule has 2 heterocycles. The lowest BCUT2D eigenvalue weighted by Crippen LogP contribution is -2.23. The van der Waals surface area contributed by atoms with Crippen LogP contribution in [0.2, 0.25) is 0 Å². The Balaban J connectivity index is 1.79. The molecule has 0 unspecified atom stereocenters. The van der Waals surface area contributed by atoms with Crippen LogP contribution < -0.4 is 5.32 Å². The van der Waals surface area contributed by atoms with E-state index in [1.165, 1.54) is 17.3 Å². The van der Waals surface area contributed by atoms with E-state index in [4.69, 9.17) is 4.42 Å². The Morgan fingerprint density at radius 2 is 2.33 bits per heavy atom. The Kier molecular flexibility index (Phi) is 3.39. The number of rotatable bonds is 4. The smallest absolute Gasteiger partial charge is 0.249 e. The third-order valence-corrected chi connectivity index (χ3v) is 3.21. The molecule has 1 atom stereocenters. The van der Waals surface area contributed by atoms with Gasteiger partial charge in [0, 0.05) is 12.1 Å². The molecule has 0 saturated heterocycles. The van der Waals surface area contributed by atoms with E-state index in [-0.39, 0.29) is 5.91 Å². The van der Waals surface area contributed by atoms with Gasteiger partial charge in [0.1, 0.15) is 24.2 Å². The van der Waals surface area contributed by atoms with E-state index in [1.807, 2.05) is 6.92 Å². The van der Waals surface area contributed by atoms with Gasteiger partial charge in [0.25, 0.3) is 0 Å². The third-order valence-electron chi connectivity index (χ3n) is 3.21. The standard InChI is InChI=1S/C14H15N5O2/c1-3-13-18-11-6-10(4-5-12(11)21-13)17-14(20)9(2)19-8-15-7-16-19/h4-9H,3H2,1-2H3,(H,17,20)/t9-/m0/s1. The zero-order chi connectivity index (χ0) is 14.8. The lowest BCUT2D eigenvalue weighted by atomic mass is 10.2. The molecule has 0 saturated carbocycles. The minimum Gasteiger partial charge on any atom is -0.441 e. The number of aromatic nitrogens is 4. The second kappa shape index (κ2) is 5.35. The van der Waals surface area contributed by atoms with Gasteiger partial charge in [-0.2, -0.15) is 5.10 Å². The molecule has 0 fully saturated rings. The van der Waals surface area contributed by atoms with Crippen LogP contribution in [0.3, 0.4) is 0 Å². The summed E-state index contributed by atoms with van der Waals surface area (Å²) in [5, 5.41) is 6.80. The fourth-order valence-electron chi connectivity index (χ4n) is 1.99. The van der Waals surface area contributed by atoms with Crippen LogP contribution in [0.25, 0.3) is 11.1 Å². The lowest BCUT2D eigenvalue weighted by molar-refractivity contribution is -0.119. The molecule has 1 aromatic carbocycles. The Morgan fingerprint density at radius 3 is 3.05 bits per heavy atom. The van der Waals surface area contributed by atoms with Gasteiger partial charge < -0.3 is 9.73 Å². The van der Waals surface area contributed by atoms with Gasteiger partial charge in [-0.05, 0) is 25.1 Å². The molecule has 108 valence electrons. The van der Waals surface area contributed by atoms with Crippen LogP contribution in [0, 0.1) is 0 Å². The molecule has 0 radical (unpaired) electrons. The van der Waals surface area contributed by atoms with Gasteiger partial charge in [0.05, 0.1) is 0 Å². The number of hydrogen-bond donors (Lipinski definition) is 1. The highest BCUT2D eigenvalue weighted by Crippen LogP contribution is 2.21. The van der Waals surface area contributed by atoms with Crippen LogP contribution in [0.4, 0.5) is 5.69 Å². The van der Waals surface area contributed by atoms with Crippen LogP contribution in [-0.2, 0) is 11.2 Å². The number of oxazole rings is 1. The highest BCUT2D eigenvalue weighted by Gasteiger charge is 2.16. The molecule has 3 aromatic rings. The van der Waals surface area contributed by atoms with Crippen molar-refractivity contribution < 1.29 is 9.21 Å². The fourth-order valence-corrected chi connectivity index (χ4v) is 1.99. The Morgan fingerprint density at radius 1 is 1.48 bits per heavy atom.